The normalized spacial score (nSPS) is 10.5. The standard InChI is InChI=1S/C15H18N2/c1-3-11-5-6-13(9-12(11)4-2)15-10-14(16)7-8-17-15/h5-10H,3-4H2,1-2H3,(H2,16,17). The quantitative estimate of drug-likeness (QED) is 0.870. The summed E-state index contributed by atoms with van der Waals surface area (Å²) in [5.74, 6) is 0. The Balaban J connectivity index is 2.46. The summed E-state index contributed by atoms with van der Waals surface area (Å²) in [5.41, 5.74) is 11.4. The van der Waals surface area contributed by atoms with E-state index in [1.807, 2.05) is 12.1 Å². The molecule has 17 heavy (non-hydrogen) atoms. The van der Waals surface area contributed by atoms with Crippen molar-refractivity contribution >= 4 is 5.69 Å². The molecule has 0 bridgehead atoms. The topological polar surface area (TPSA) is 38.9 Å². The number of hydrogen-bond acceptors (Lipinski definition) is 2. The van der Waals surface area contributed by atoms with Crippen LogP contribution in [-0.2, 0) is 12.8 Å². The number of anilines is 1. The maximum absolute atomic E-state index is 5.78. The van der Waals surface area contributed by atoms with Crippen molar-refractivity contribution in [3.05, 3.63) is 47.7 Å². The van der Waals surface area contributed by atoms with Gasteiger partial charge in [-0.15, -0.1) is 0 Å². The zero-order valence-electron chi connectivity index (χ0n) is 10.4. The number of nitrogens with zero attached hydrogens (tertiary/aromatic N) is 1. The molecule has 1 aromatic carbocycles. The van der Waals surface area contributed by atoms with Crippen molar-refractivity contribution in [2.24, 2.45) is 0 Å². The minimum absolute atomic E-state index is 0.757. The Morgan fingerprint density at radius 2 is 1.76 bits per heavy atom. The lowest BCUT2D eigenvalue weighted by atomic mass is 9.98. The SMILES string of the molecule is CCc1ccc(-c2cc(N)ccn2)cc1CC. The van der Waals surface area contributed by atoms with Crippen LogP contribution in [0.4, 0.5) is 5.69 Å². The van der Waals surface area contributed by atoms with Crippen LogP contribution in [0.3, 0.4) is 0 Å². The number of rotatable bonds is 3. The van der Waals surface area contributed by atoms with Gasteiger partial charge in [0.05, 0.1) is 5.69 Å². The highest BCUT2D eigenvalue weighted by Gasteiger charge is 2.04. The van der Waals surface area contributed by atoms with Gasteiger partial charge in [-0.1, -0.05) is 26.0 Å². The highest BCUT2D eigenvalue weighted by molar-refractivity contribution is 5.64. The molecule has 2 N–H and O–H groups in total. The molecule has 0 fully saturated rings. The summed E-state index contributed by atoms with van der Waals surface area (Å²) >= 11 is 0. The van der Waals surface area contributed by atoms with Crippen LogP contribution in [0.2, 0.25) is 0 Å². The zero-order chi connectivity index (χ0) is 12.3. The molecule has 0 unspecified atom stereocenters. The Kier molecular flexibility index (Phi) is 3.43. The van der Waals surface area contributed by atoms with E-state index in [-0.39, 0.29) is 0 Å². The second-order valence-corrected chi connectivity index (χ2v) is 4.17. The molecule has 2 rings (SSSR count). The predicted molar refractivity (Wildman–Crippen MR) is 72.8 cm³/mol. The Bertz CT molecular complexity index is 518. The molecule has 0 aliphatic rings. The number of benzene rings is 1. The fourth-order valence-corrected chi connectivity index (χ4v) is 2.06. The Hall–Kier alpha value is -1.83. The van der Waals surface area contributed by atoms with Crippen molar-refractivity contribution in [3.63, 3.8) is 0 Å². The van der Waals surface area contributed by atoms with Gasteiger partial charge in [-0.2, -0.15) is 0 Å². The van der Waals surface area contributed by atoms with Gasteiger partial charge in [0, 0.05) is 17.4 Å². The summed E-state index contributed by atoms with van der Waals surface area (Å²) in [7, 11) is 0. The summed E-state index contributed by atoms with van der Waals surface area (Å²) in [6.45, 7) is 4.37. The van der Waals surface area contributed by atoms with Gasteiger partial charge in [0.2, 0.25) is 0 Å². The van der Waals surface area contributed by atoms with Crippen molar-refractivity contribution < 1.29 is 0 Å². The van der Waals surface area contributed by atoms with Crippen LogP contribution in [0.25, 0.3) is 11.3 Å². The minimum atomic E-state index is 0.757. The van der Waals surface area contributed by atoms with Crippen molar-refractivity contribution in [2.75, 3.05) is 5.73 Å². The fourth-order valence-electron chi connectivity index (χ4n) is 2.06. The highest BCUT2D eigenvalue weighted by atomic mass is 14.7. The van der Waals surface area contributed by atoms with E-state index in [0.29, 0.717) is 0 Å². The Morgan fingerprint density at radius 3 is 2.41 bits per heavy atom. The maximum Gasteiger partial charge on any atom is 0.0722 e. The van der Waals surface area contributed by atoms with Crippen molar-refractivity contribution in [1.29, 1.82) is 0 Å². The second kappa shape index (κ2) is 5.00. The molecule has 1 heterocycles. The molecule has 2 aromatic rings. The lowest BCUT2D eigenvalue weighted by Crippen LogP contribution is -1.93. The van der Waals surface area contributed by atoms with Gasteiger partial charge in [0.15, 0.2) is 0 Å². The molecule has 1 aromatic heterocycles. The van der Waals surface area contributed by atoms with Crippen LogP contribution in [-0.4, -0.2) is 4.98 Å². The molecular weight excluding hydrogens is 208 g/mol. The van der Waals surface area contributed by atoms with Crippen LogP contribution in [0.15, 0.2) is 36.5 Å². The first-order valence-electron chi connectivity index (χ1n) is 6.08. The van der Waals surface area contributed by atoms with E-state index in [4.69, 9.17) is 5.73 Å². The summed E-state index contributed by atoms with van der Waals surface area (Å²) in [5, 5.41) is 0. The van der Waals surface area contributed by atoms with Gasteiger partial charge in [-0.05, 0) is 42.2 Å². The smallest absolute Gasteiger partial charge is 0.0722 e. The average Bonchev–Trinajstić information content (AvgIpc) is 2.38. The molecule has 0 aliphatic heterocycles. The first-order valence-corrected chi connectivity index (χ1v) is 6.08. The largest absolute Gasteiger partial charge is 0.399 e. The fraction of sp³-hybridized carbons (Fsp3) is 0.267. The van der Waals surface area contributed by atoms with Crippen LogP contribution in [0.5, 0.6) is 0 Å². The van der Waals surface area contributed by atoms with E-state index in [9.17, 15) is 0 Å². The van der Waals surface area contributed by atoms with E-state index in [0.717, 1.165) is 29.8 Å². The first-order chi connectivity index (χ1) is 8.24. The van der Waals surface area contributed by atoms with Gasteiger partial charge in [0.25, 0.3) is 0 Å². The molecule has 2 nitrogen and oxygen atoms in total. The third kappa shape index (κ3) is 2.47. The Morgan fingerprint density at radius 1 is 1.00 bits per heavy atom. The van der Waals surface area contributed by atoms with Crippen LogP contribution < -0.4 is 5.73 Å². The molecular formula is C15H18N2. The summed E-state index contributed by atoms with van der Waals surface area (Å²) < 4.78 is 0. The average molecular weight is 226 g/mol. The summed E-state index contributed by atoms with van der Waals surface area (Å²) in [6.07, 6.45) is 3.89. The molecule has 0 aliphatic carbocycles. The number of hydrogen-bond donors (Lipinski definition) is 1. The number of aromatic nitrogens is 1. The van der Waals surface area contributed by atoms with E-state index in [1.165, 1.54) is 11.1 Å². The van der Waals surface area contributed by atoms with Gasteiger partial charge in [-0.25, -0.2) is 0 Å². The van der Waals surface area contributed by atoms with E-state index in [2.05, 4.69) is 37.0 Å². The van der Waals surface area contributed by atoms with Crippen LogP contribution in [0, 0.1) is 0 Å². The van der Waals surface area contributed by atoms with E-state index >= 15 is 0 Å². The molecule has 0 amide bonds. The molecule has 0 atom stereocenters. The van der Waals surface area contributed by atoms with Gasteiger partial charge in [0.1, 0.15) is 0 Å². The number of pyridine rings is 1. The predicted octanol–water partition coefficient (Wildman–Crippen LogP) is 3.46. The molecule has 0 radical (unpaired) electrons. The zero-order valence-corrected chi connectivity index (χ0v) is 10.4. The summed E-state index contributed by atoms with van der Waals surface area (Å²) in [4.78, 5) is 4.36. The van der Waals surface area contributed by atoms with Gasteiger partial charge >= 0.3 is 0 Å². The highest BCUT2D eigenvalue weighted by Crippen LogP contribution is 2.23. The molecule has 0 saturated heterocycles. The second-order valence-electron chi connectivity index (χ2n) is 4.17. The van der Waals surface area contributed by atoms with Gasteiger partial charge in [-0.3, -0.25) is 4.98 Å². The lowest BCUT2D eigenvalue weighted by molar-refractivity contribution is 1.04. The first kappa shape index (κ1) is 11.6. The molecule has 0 spiro atoms. The van der Waals surface area contributed by atoms with E-state index < -0.39 is 0 Å². The van der Waals surface area contributed by atoms with Crippen molar-refractivity contribution in [1.82, 2.24) is 4.98 Å². The maximum atomic E-state index is 5.78. The number of aryl methyl sites for hydroxylation is 2. The third-order valence-corrected chi connectivity index (χ3v) is 3.05. The van der Waals surface area contributed by atoms with E-state index in [1.54, 1.807) is 6.20 Å². The molecule has 2 heteroatoms. The van der Waals surface area contributed by atoms with Crippen molar-refractivity contribution in [3.8, 4) is 11.3 Å². The van der Waals surface area contributed by atoms with Gasteiger partial charge < -0.3 is 5.73 Å². The van der Waals surface area contributed by atoms with Crippen LogP contribution in [0.1, 0.15) is 25.0 Å². The monoisotopic (exact) mass is 226 g/mol. The molecule has 0 saturated carbocycles. The Labute approximate surface area is 103 Å². The number of nitrogen functional groups attached to an aromatic ring is 1. The molecule has 88 valence electrons. The van der Waals surface area contributed by atoms with Crippen molar-refractivity contribution in [2.45, 2.75) is 26.7 Å². The lowest BCUT2D eigenvalue weighted by Gasteiger charge is -2.09. The third-order valence-electron chi connectivity index (χ3n) is 3.05. The minimum Gasteiger partial charge on any atom is -0.399 e. The van der Waals surface area contributed by atoms with Crippen LogP contribution >= 0.6 is 0 Å². The summed E-state index contributed by atoms with van der Waals surface area (Å²) in [6, 6.07) is 10.3. The number of nitrogens with two attached hydrogens (primary N) is 1.